The van der Waals surface area contributed by atoms with Crippen LogP contribution in [0.25, 0.3) is 0 Å². The first-order valence-electron chi connectivity index (χ1n) is 8.07. The molecule has 0 saturated carbocycles. The summed E-state index contributed by atoms with van der Waals surface area (Å²) in [7, 11) is 0. The van der Waals surface area contributed by atoms with E-state index in [1.165, 1.54) is 5.56 Å². The summed E-state index contributed by atoms with van der Waals surface area (Å²) in [6, 6.07) is 5.69. The molecule has 4 heteroatoms. The zero-order valence-electron chi connectivity index (χ0n) is 14.2. The van der Waals surface area contributed by atoms with Crippen molar-refractivity contribution in [3.8, 4) is 0 Å². The van der Waals surface area contributed by atoms with Gasteiger partial charge in [0, 0.05) is 31.5 Å². The molecule has 22 heavy (non-hydrogen) atoms. The van der Waals surface area contributed by atoms with Crippen LogP contribution in [-0.2, 0) is 4.79 Å². The monoisotopic (exact) mass is 304 g/mol. The molecule has 1 N–H and O–H groups in total. The highest BCUT2D eigenvalue weighted by molar-refractivity contribution is 5.98. The molecule has 1 amide bonds. The highest BCUT2D eigenvalue weighted by atomic mass is 16.2. The predicted octanol–water partition coefficient (Wildman–Crippen LogP) is 2.72. The van der Waals surface area contributed by atoms with Crippen LogP contribution in [0.1, 0.15) is 48.2 Å². The molecule has 1 aromatic carbocycles. The second kappa shape index (κ2) is 9.36. The van der Waals surface area contributed by atoms with E-state index in [0.717, 1.165) is 25.2 Å². The summed E-state index contributed by atoms with van der Waals surface area (Å²) >= 11 is 0. The zero-order valence-corrected chi connectivity index (χ0v) is 14.2. The highest BCUT2D eigenvalue weighted by Gasteiger charge is 2.10. The van der Waals surface area contributed by atoms with Crippen LogP contribution in [0.4, 0.5) is 0 Å². The van der Waals surface area contributed by atoms with E-state index in [1.54, 1.807) is 0 Å². The van der Waals surface area contributed by atoms with Crippen molar-refractivity contribution >= 4 is 11.7 Å². The van der Waals surface area contributed by atoms with E-state index in [4.69, 9.17) is 0 Å². The lowest BCUT2D eigenvalue weighted by molar-refractivity contribution is -0.121. The number of amides is 1. The largest absolute Gasteiger partial charge is 0.355 e. The van der Waals surface area contributed by atoms with Gasteiger partial charge < -0.3 is 10.2 Å². The fourth-order valence-corrected chi connectivity index (χ4v) is 2.27. The topological polar surface area (TPSA) is 49.4 Å². The van der Waals surface area contributed by atoms with Gasteiger partial charge >= 0.3 is 0 Å². The third-order valence-corrected chi connectivity index (χ3v) is 4.05. The molecule has 1 aromatic rings. The van der Waals surface area contributed by atoms with E-state index >= 15 is 0 Å². The number of rotatable bonds is 9. The summed E-state index contributed by atoms with van der Waals surface area (Å²) in [5, 5.41) is 2.88. The molecule has 0 radical (unpaired) electrons. The number of nitrogens with zero attached hydrogens (tertiary/aromatic N) is 1. The van der Waals surface area contributed by atoms with Crippen LogP contribution < -0.4 is 5.32 Å². The minimum atomic E-state index is -0.0515. The molecule has 1 rings (SSSR count). The number of hydrogen-bond donors (Lipinski definition) is 1. The third-order valence-electron chi connectivity index (χ3n) is 4.05. The van der Waals surface area contributed by atoms with Gasteiger partial charge in [-0.3, -0.25) is 9.59 Å². The standard InChI is InChI=1S/C18H28N2O2/c1-5-20(6-2)12-11-19-18(22)10-9-17(21)16-8-7-14(3)15(4)13-16/h7-8,13H,5-6,9-12H2,1-4H3,(H,19,22). The first-order chi connectivity index (χ1) is 10.5. The first-order valence-corrected chi connectivity index (χ1v) is 8.07. The van der Waals surface area contributed by atoms with Crippen molar-refractivity contribution in [2.24, 2.45) is 0 Å². The van der Waals surface area contributed by atoms with Gasteiger partial charge in [-0.05, 0) is 44.1 Å². The van der Waals surface area contributed by atoms with E-state index in [9.17, 15) is 9.59 Å². The van der Waals surface area contributed by atoms with Crippen LogP contribution in [-0.4, -0.2) is 42.8 Å². The van der Waals surface area contributed by atoms with E-state index in [2.05, 4.69) is 24.1 Å². The summed E-state index contributed by atoms with van der Waals surface area (Å²) in [6.07, 6.45) is 0.517. The molecule has 0 aliphatic carbocycles. The molecule has 0 aliphatic rings. The molecule has 4 nitrogen and oxygen atoms in total. The van der Waals surface area contributed by atoms with Crippen LogP contribution in [0, 0.1) is 13.8 Å². The summed E-state index contributed by atoms with van der Waals surface area (Å²) in [6.45, 7) is 11.7. The maximum Gasteiger partial charge on any atom is 0.220 e. The number of benzene rings is 1. The number of ketones is 1. The Morgan fingerprint density at radius 3 is 2.32 bits per heavy atom. The molecule has 0 spiro atoms. The molecular weight excluding hydrogens is 276 g/mol. The van der Waals surface area contributed by atoms with Crippen molar-refractivity contribution in [3.63, 3.8) is 0 Å². The number of carbonyl (C=O) groups excluding carboxylic acids is 2. The van der Waals surface area contributed by atoms with Crippen molar-refractivity contribution in [1.82, 2.24) is 10.2 Å². The lowest BCUT2D eigenvalue weighted by atomic mass is 10.0. The number of hydrogen-bond acceptors (Lipinski definition) is 3. The smallest absolute Gasteiger partial charge is 0.220 e. The van der Waals surface area contributed by atoms with Crippen molar-refractivity contribution in [3.05, 3.63) is 34.9 Å². The Bertz CT molecular complexity index is 508. The average molecular weight is 304 g/mol. The molecule has 0 saturated heterocycles. The number of carbonyl (C=O) groups is 2. The maximum absolute atomic E-state index is 12.1. The van der Waals surface area contributed by atoms with E-state index in [1.807, 2.05) is 32.0 Å². The zero-order chi connectivity index (χ0) is 16.5. The van der Waals surface area contributed by atoms with E-state index < -0.39 is 0 Å². The van der Waals surface area contributed by atoms with Gasteiger partial charge in [0.15, 0.2) is 5.78 Å². The Balaban J connectivity index is 2.34. The minimum Gasteiger partial charge on any atom is -0.355 e. The van der Waals surface area contributed by atoms with Gasteiger partial charge in [-0.15, -0.1) is 0 Å². The molecular formula is C18H28N2O2. The normalized spacial score (nSPS) is 10.8. The fraction of sp³-hybridized carbons (Fsp3) is 0.556. The Morgan fingerprint density at radius 1 is 1.05 bits per heavy atom. The predicted molar refractivity (Wildman–Crippen MR) is 90.3 cm³/mol. The second-order valence-electron chi connectivity index (χ2n) is 5.60. The molecule has 0 bridgehead atoms. The first kappa shape index (κ1) is 18.4. The van der Waals surface area contributed by atoms with Crippen molar-refractivity contribution < 1.29 is 9.59 Å². The van der Waals surface area contributed by atoms with Crippen LogP contribution in [0.5, 0.6) is 0 Å². The van der Waals surface area contributed by atoms with Crippen molar-refractivity contribution in [2.45, 2.75) is 40.5 Å². The summed E-state index contributed by atoms with van der Waals surface area (Å²) in [4.78, 5) is 26.1. The van der Waals surface area contributed by atoms with Gasteiger partial charge in [-0.2, -0.15) is 0 Å². The lowest BCUT2D eigenvalue weighted by Gasteiger charge is -2.17. The van der Waals surface area contributed by atoms with Crippen LogP contribution in [0.2, 0.25) is 0 Å². The maximum atomic E-state index is 12.1. The lowest BCUT2D eigenvalue weighted by Crippen LogP contribution is -2.34. The summed E-state index contributed by atoms with van der Waals surface area (Å²) in [5.74, 6) is -0.0219. The van der Waals surface area contributed by atoms with Gasteiger partial charge in [-0.25, -0.2) is 0 Å². The third kappa shape index (κ3) is 5.98. The van der Waals surface area contributed by atoms with Crippen molar-refractivity contribution in [2.75, 3.05) is 26.2 Å². The number of nitrogens with one attached hydrogen (secondary N) is 1. The van der Waals surface area contributed by atoms with Crippen LogP contribution in [0.3, 0.4) is 0 Å². The Morgan fingerprint density at radius 2 is 1.73 bits per heavy atom. The van der Waals surface area contributed by atoms with Crippen molar-refractivity contribution in [1.29, 1.82) is 0 Å². The van der Waals surface area contributed by atoms with E-state index in [-0.39, 0.29) is 24.5 Å². The molecule has 0 unspecified atom stereocenters. The van der Waals surface area contributed by atoms with Gasteiger partial charge in [0.05, 0.1) is 0 Å². The Kier molecular flexibility index (Phi) is 7.82. The summed E-state index contributed by atoms with van der Waals surface area (Å²) < 4.78 is 0. The average Bonchev–Trinajstić information content (AvgIpc) is 2.51. The van der Waals surface area contributed by atoms with Gasteiger partial charge in [-0.1, -0.05) is 26.0 Å². The second-order valence-corrected chi connectivity index (χ2v) is 5.60. The van der Waals surface area contributed by atoms with Gasteiger partial charge in [0.2, 0.25) is 5.91 Å². The minimum absolute atomic E-state index is 0.0296. The quantitative estimate of drug-likeness (QED) is 0.714. The molecule has 0 heterocycles. The van der Waals surface area contributed by atoms with Gasteiger partial charge in [0.25, 0.3) is 0 Å². The molecule has 122 valence electrons. The molecule has 0 aromatic heterocycles. The molecule has 0 fully saturated rings. The molecule has 0 atom stereocenters. The number of Topliss-reactive ketones (excluding diaryl/α,β-unsaturated/α-hetero) is 1. The fourth-order valence-electron chi connectivity index (χ4n) is 2.27. The van der Waals surface area contributed by atoms with Crippen LogP contribution >= 0.6 is 0 Å². The summed E-state index contributed by atoms with van der Waals surface area (Å²) in [5.41, 5.74) is 2.97. The van der Waals surface area contributed by atoms with Crippen LogP contribution in [0.15, 0.2) is 18.2 Å². The molecule has 0 aliphatic heterocycles. The SMILES string of the molecule is CCN(CC)CCNC(=O)CCC(=O)c1ccc(C)c(C)c1. The Labute approximate surface area is 133 Å². The van der Waals surface area contributed by atoms with E-state index in [0.29, 0.717) is 12.1 Å². The van der Waals surface area contributed by atoms with Gasteiger partial charge in [0.1, 0.15) is 0 Å². The Hall–Kier alpha value is -1.68. The number of likely N-dealkylation sites (N-methyl/N-ethyl adjacent to an activating group) is 1. The highest BCUT2D eigenvalue weighted by Crippen LogP contribution is 2.12. The number of aryl methyl sites for hydroxylation is 2.